The molecule has 0 aliphatic carbocycles. The second kappa shape index (κ2) is 5.65. The minimum atomic E-state index is 0. The van der Waals surface area contributed by atoms with Gasteiger partial charge in [-0.1, -0.05) is 0 Å². The summed E-state index contributed by atoms with van der Waals surface area (Å²) < 4.78 is 16.3. The molecule has 0 fully saturated rings. The van der Waals surface area contributed by atoms with Crippen LogP contribution < -0.4 is 14.2 Å². The summed E-state index contributed by atoms with van der Waals surface area (Å²) in [6.07, 6.45) is 1.04. The maximum Gasteiger partial charge on any atom is 0.231 e. The molecule has 2 aliphatic rings. The molecule has 3 rings (SSSR count). The van der Waals surface area contributed by atoms with Gasteiger partial charge in [-0.05, 0) is 25.1 Å². The lowest BCUT2D eigenvalue weighted by Crippen LogP contribution is -2.26. The van der Waals surface area contributed by atoms with Crippen LogP contribution in [0.25, 0.3) is 0 Å². The Kier molecular flexibility index (Phi) is 4.67. The number of methoxy groups -OCH3 is 1. The number of hydrogen-bond donors (Lipinski definition) is 0. The number of hydrogen-bond acceptors (Lipinski definition) is 4. The lowest BCUT2D eigenvalue weighted by Gasteiger charge is -2.26. The molecule has 0 saturated heterocycles. The maximum absolute atomic E-state index is 5.47. The number of nitrogens with zero attached hydrogens (tertiary/aromatic N) is 1. The molecule has 0 atom stereocenters. The van der Waals surface area contributed by atoms with Crippen molar-refractivity contribution < 1.29 is 19.7 Å². The highest BCUT2D eigenvalue weighted by Gasteiger charge is 2.27. The number of rotatable bonds is 1. The van der Waals surface area contributed by atoms with Crippen molar-refractivity contribution in [3.05, 3.63) is 17.2 Å². The first-order valence-corrected chi connectivity index (χ1v) is 5.46. The lowest BCUT2D eigenvalue weighted by molar-refractivity contribution is 0.171. The third kappa shape index (κ3) is 2.21. The second-order valence-electron chi connectivity index (χ2n) is 4.27. The van der Waals surface area contributed by atoms with Crippen LogP contribution in [-0.2, 0) is 13.0 Å². The van der Waals surface area contributed by atoms with E-state index >= 15 is 0 Å². The fourth-order valence-electron chi connectivity index (χ4n) is 2.37. The minimum Gasteiger partial charge on any atom is -0.492 e. The van der Waals surface area contributed by atoms with Crippen molar-refractivity contribution in [1.29, 1.82) is 0 Å². The Morgan fingerprint density at radius 1 is 1.33 bits per heavy atom. The second-order valence-corrected chi connectivity index (χ2v) is 4.27. The predicted molar refractivity (Wildman–Crippen MR) is 70.0 cm³/mol. The topological polar surface area (TPSA) is 62.4 Å². The summed E-state index contributed by atoms with van der Waals surface area (Å²) in [6, 6.07) is 2.09. The average Bonchev–Trinajstić information content (AvgIpc) is 2.73. The first-order chi connectivity index (χ1) is 7.79. The Balaban J connectivity index is 0.000000810. The fourth-order valence-corrected chi connectivity index (χ4v) is 2.37. The molecule has 0 aromatic heterocycles. The minimum absolute atomic E-state index is 0. The number of ether oxygens (including phenoxy) is 3. The Labute approximate surface area is 112 Å². The van der Waals surface area contributed by atoms with Gasteiger partial charge in [0.15, 0.2) is 11.5 Å². The van der Waals surface area contributed by atoms with E-state index in [0.717, 1.165) is 36.8 Å². The molecule has 1 aromatic rings. The van der Waals surface area contributed by atoms with Gasteiger partial charge in [-0.15, -0.1) is 12.4 Å². The highest BCUT2D eigenvalue weighted by atomic mass is 35.5. The summed E-state index contributed by atoms with van der Waals surface area (Å²) in [6.45, 7) is 2.29. The molecule has 0 saturated carbocycles. The molecule has 2 N–H and O–H groups in total. The standard InChI is InChI=1S/C12H15NO3.ClH.H2O/c1-13-4-3-8-5-10-12(16-7-15-10)11(14-2)9(8)6-13;;/h5H,3-4,6-7H2,1-2H3;1H;1H2. The highest BCUT2D eigenvalue weighted by Crippen LogP contribution is 2.46. The Morgan fingerprint density at radius 3 is 2.83 bits per heavy atom. The summed E-state index contributed by atoms with van der Waals surface area (Å²) in [7, 11) is 3.80. The van der Waals surface area contributed by atoms with E-state index in [2.05, 4.69) is 18.0 Å². The number of likely N-dealkylation sites (N-methyl/N-ethyl adjacent to an activating group) is 1. The van der Waals surface area contributed by atoms with Gasteiger partial charge in [0.2, 0.25) is 12.5 Å². The van der Waals surface area contributed by atoms with Crippen LogP contribution in [0.4, 0.5) is 0 Å². The number of halogens is 1. The zero-order chi connectivity index (χ0) is 11.1. The van der Waals surface area contributed by atoms with Gasteiger partial charge in [0.1, 0.15) is 0 Å². The molecular weight excluding hydrogens is 258 g/mol. The summed E-state index contributed by atoms with van der Waals surface area (Å²) in [5.74, 6) is 2.42. The molecular formula is C12H18ClNO4. The van der Waals surface area contributed by atoms with E-state index < -0.39 is 0 Å². The summed E-state index contributed by atoms with van der Waals surface area (Å²) in [5.41, 5.74) is 2.56. The number of fused-ring (bicyclic) bond motifs is 2. The van der Waals surface area contributed by atoms with Crippen LogP contribution >= 0.6 is 12.4 Å². The van der Waals surface area contributed by atoms with Crippen LogP contribution in [0.1, 0.15) is 11.1 Å². The van der Waals surface area contributed by atoms with E-state index in [9.17, 15) is 0 Å². The molecule has 102 valence electrons. The van der Waals surface area contributed by atoms with Crippen LogP contribution in [0.5, 0.6) is 17.2 Å². The van der Waals surface area contributed by atoms with E-state index in [4.69, 9.17) is 14.2 Å². The molecule has 2 aliphatic heterocycles. The van der Waals surface area contributed by atoms with Crippen LogP contribution in [0, 0.1) is 0 Å². The Morgan fingerprint density at radius 2 is 2.11 bits per heavy atom. The van der Waals surface area contributed by atoms with Gasteiger partial charge in [-0.25, -0.2) is 0 Å². The van der Waals surface area contributed by atoms with Crippen molar-refractivity contribution >= 4 is 12.4 Å². The monoisotopic (exact) mass is 275 g/mol. The van der Waals surface area contributed by atoms with Gasteiger partial charge in [-0.2, -0.15) is 0 Å². The van der Waals surface area contributed by atoms with Gasteiger partial charge < -0.3 is 24.6 Å². The SMILES string of the molecule is COc1c2c(cc3c1OCO3)CCN(C)C2.Cl.O. The summed E-state index contributed by atoms with van der Waals surface area (Å²) in [4.78, 5) is 2.28. The third-order valence-corrected chi connectivity index (χ3v) is 3.21. The number of benzene rings is 1. The van der Waals surface area contributed by atoms with Gasteiger partial charge in [0.25, 0.3) is 0 Å². The molecule has 0 spiro atoms. The molecule has 0 radical (unpaired) electrons. The highest BCUT2D eigenvalue weighted by molar-refractivity contribution is 5.85. The van der Waals surface area contributed by atoms with Gasteiger partial charge >= 0.3 is 0 Å². The Hall–Kier alpha value is -1.17. The van der Waals surface area contributed by atoms with Gasteiger partial charge in [-0.3, -0.25) is 0 Å². The van der Waals surface area contributed by atoms with E-state index in [0.29, 0.717) is 6.79 Å². The molecule has 0 unspecified atom stereocenters. The van der Waals surface area contributed by atoms with Crippen LogP contribution in [0.2, 0.25) is 0 Å². The molecule has 2 heterocycles. The first kappa shape index (κ1) is 14.9. The summed E-state index contributed by atoms with van der Waals surface area (Å²) in [5, 5.41) is 0. The predicted octanol–water partition coefficient (Wildman–Crippen LogP) is 1.01. The van der Waals surface area contributed by atoms with E-state index in [-0.39, 0.29) is 17.9 Å². The fraction of sp³-hybridized carbons (Fsp3) is 0.500. The molecule has 18 heavy (non-hydrogen) atoms. The smallest absolute Gasteiger partial charge is 0.231 e. The van der Waals surface area contributed by atoms with Crippen molar-refractivity contribution in [3.63, 3.8) is 0 Å². The quantitative estimate of drug-likeness (QED) is 0.767. The van der Waals surface area contributed by atoms with Crippen molar-refractivity contribution in [2.24, 2.45) is 0 Å². The normalized spacial score (nSPS) is 16.3. The third-order valence-electron chi connectivity index (χ3n) is 3.21. The van der Waals surface area contributed by atoms with E-state index in [1.165, 1.54) is 11.1 Å². The van der Waals surface area contributed by atoms with Crippen molar-refractivity contribution in [1.82, 2.24) is 4.90 Å². The molecule has 0 bridgehead atoms. The van der Waals surface area contributed by atoms with E-state index in [1.54, 1.807) is 7.11 Å². The van der Waals surface area contributed by atoms with Crippen molar-refractivity contribution in [2.75, 3.05) is 27.5 Å². The zero-order valence-electron chi connectivity index (χ0n) is 10.5. The largest absolute Gasteiger partial charge is 0.492 e. The van der Waals surface area contributed by atoms with Gasteiger partial charge in [0.05, 0.1) is 7.11 Å². The molecule has 0 amide bonds. The summed E-state index contributed by atoms with van der Waals surface area (Å²) >= 11 is 0. The van der Waals surface area contributed by atoms with Gasteiger partial charge in [0, 0.05) is 18.7 Å². The van der Waals surface area contributed by atoms with Crippen molar-refractivity contribution in [3.8, 4) is 17.2 Å². The van der Waals surface area contributed by atoms with Crippen LogP contribution in [0.15, 0.2) is 6.07 Å². The van der Waals surface area contributed by atoms with Crippen LogP contribution in [-0.4, -0.2) is 37.9 Å². The van der Waals surface area contributed by atoms with Crippen molar-refractivity contribution in [2.45, 2.75) is 13.0 Å². The lowest BCUT2D eigenvalue weighted by atomic mass is 9.98. The molecule has 1 aromatic carbocycles. The zero-order valence-corrected chi connectivity index (χ0v) is 11.3. The molecule has 6 heteroatoms. The molecule has 5 nitrogen and oxygen atoms in total. The Bertz CT molecular complexity index is 439. The van der Waals surface area contributed by atoms with E-state index in [1.807, 2.05) is 0 Å². The van der Waals surface area contributed by atoms with Crippen LogP contribution in [0.3, 0.4) is 0 Å². The first-order valence-electron chi connectivity index (χ1n) is 5.46. The average molecular weight is 276 g/mol. The maximum atomic E-state index is 5.47.